The van der Waals surface area contributed by atoms with Crippen LogP contribution in [0.1, 0.15) is 44.7 Å². The largest absolute Gasteiger partial charge is 0.496 e. The maximum absolute atomic E-state index is 5.50. The summed E-state index contributed by atoms with van der Waals surface area (Å²) >= 11 is 0. The van der Waals surface area contributed by atoms with Gasteiger partial charge in [-0.2, -0.15) is 0 Å². The topological polar surface area (TPSA) is 24.5 Å². The Hall–Kier alpha value is -1.06. The van der Waals surface area contributed by atoms with Gasteiger partial charge < -0.3 is 15.0 Å². The van der Waals surface area contributed by atoms with E-state index in [9.17, 15) is 0 Å². The summed E-state index contributed by atoms with van der Waals surface area (Å²) in [4.78, 5) is 2.53. The third-order valence-corrected chi connectivity index (χ3v) is 4.39. The van der Waals surface area contributed by atoms with E-state index in [1.807, 2.05) is 6.07 Å². The van der Waals surface area contributed by atoms with Crippen molar-refractivity contribution in [2.24, 2.45) is 0 Å². The first-order valence-corrected chi connectivity index (χ1v) is 7.89. The van der Waals surface area contributed by atoms with Gasteiger partial charge in [-0.15, -0.1) is 0 Å². The summed E-state index contributed by atoms with van der Waals surface area (Å²) < 4.78 is 5.50. The van der Waals surface area contributed by atoms with Crippen molar-refractivity contribution in [3.05, 3.63) is 29.8 Å². The van der Waals surface area contributed by atoms with E-state index in [1.54, 1.807) is 7.11 Å². The van der Waals surface area contributed by atoms with Gasteiger partial charge in [-0.1, -0.05) is 32.0 Å². The van der Waals surface area contributed by atoms with Gasteiger partial charge >= 0.3 is 0 Å². The van der Waals surface area contributed by atoms with Crippen LogP contribution in [-0.4, -0.2) is 37.7 Å². The molecule has 0 saturated carbocycles. The van der Waals surface area contributed by atoms with Gasteiger partial charge in [0.05, 0.1) is 7.11 Å². The minimum atomic E-state index is 0.393. The number of methoxy groups -OCH3 is 1. The zero-order valence-corrected chi connectivity index (χ0v) is 13.1. The molecule has 1 atom stereocenters. The smallest absolute Gasteiger partial charge is 0.123 e. The number of hydrogen-bond donors (Lipinski definition) is 1. The lowest BCUT2D eigenvalue weighted by Gasteiger charge is -2.34. The number of nitrogens with one attached hydrogen (secondary N) is 1. The molecule has 3 heteroatoms. The predicted octanol–water partition coefficient (Wildman–Crippen LogP) is 3.22. The Labute approximate surface area is 123 Å². The fourth-order valence-electron chi connectivity index (χ4n) is 3.08. The molecule has 0 spiro atoms. The minimum absolute atomic E-state index is 0.393. The van der Waals surface area contributed by atoms with Crippen molar-refractivity contribution >= 4 is 0 Å². The van der Waals surface area contributed by atoms with Crippen molar-refractivity contribution in [2.75, 3.05) is 26.7 Å². The van der Waals surface area contributed by atoms with Crippen molar-refractivity contribution in [3.63, 3.8) is 0 Å². The third kappa shape index (κ3) is 3.74. The molecule has 3 nitrogen and oxygen atoms in total. The second kappa shape index (κ2) is 7.65. The number of likely N-dealkylation sites (tertiary alicyclic amines) is 1. The molecular weight excluding hydrogens is 248 g/mol. The summed E-state index contributed by atoms with van der Waals surface area (Å²) in [6.45, 7) is 8.10. The van der Waals surface area contributed by atoms with Gasteiger partial charge in [0, 0.05) is 17.6 Å². The average molecular weight is 276 g/mol. The Kier molecular flexibility index (Phi) is 5.86. The van der Waals surface area contributed by atoms with E-state index >= 15 is 0 Å². The van der Waals surface area contributed by atoms with Crippen LogP contribution in [0.4, 0.5) is 0 Å². The lowest BCUT2D eigenvalue weighted by atomic mass is 9.98. The summed E-state index contributed by atoms with van der Waals surface area (Å²) in [5, 5.41) is 3.83. The maximum atomic E-state index is 5.50. The molecule has 1 saturated heterocycles. The zero-order chi connectivity index (χ0) is 14.4. The Morgan fingerprint density at radius 2 is 1.95 bits per heavy atom. The molecule has 1 unspecified atom stereocenters. The lowest BCUT2D eigenvalue weighted by molar-refractivity contribution is 0.197. The fourth-order valence-corrected chi connectivity index (χ4v) is 3.08. The van der Waals surface area contributed by atoms with Crippen LogP contribution in [0.15, 0.2) is 24.3 Å². The number of piperidine rings is 1. The highest BCUT2D eigenvalue weighted by Gasteiger charge is 2.22. The molecule has 1 heterocycles. The summed E-state index contributed by atoms with van der Waals surface area (Å²) in [5.41, 5.74) is 1.29. The van der Waals surface area contributed by atoms with E-state index in [-0.39, 0.29) is 0 Å². The first-order valence-electron chi connectivity index (χ1n) is 7.89. The van der Waals surface area contributed by atoms with Crippen molar-refractivity contribution in [1.29, 1.82) is 0 Å². The van der Waals surface area contributed by atoms with Gasteiger partial charge in [0.25, 0.3) is 0 Å². The van der Waals surface area contributed by atoms with E-state index in [2.05, 4.69) is 42.3 Å². The highest BCUT2D eigenvalue weighted by Crippen LogP contribution is 2.28. The summed E-state index contributed by atoms with van der Waals surface area (Å²) in [6, 6.07) is 9.40. The van der Waals surface area contributed by atoms with E-state index < -0.39 is 0 Å². The van der Waals surface area contributed by atoms with Gasteiger partial charge in [-0.3, -0.25) is 0 Å². The number of benzene rings is 1. The van der Waals surface area contributed by atoms with Crippen LogP contribution in [0.2, 0.25) is 0 Å². The van der Waals surface area contributed by atoms with Gasteiger partial charge in [-0.25, -0.2) is 0 Å². The number of nitrogens with zero attached hydrogens (tertiary/aromatic N) is 1. The van der Waals surface area contributed by atoms with Crippen LogP contribution >= 0.6 is 0 Å². The normalized spacial score (nSPS) is 18.9. The second-order valence-corrected chi connectivity index (χ2v) is 5.58. The molecule has 0 bridgehead atoms. The number of para-hydroxylation sites is 1. The lowest BCUT2D eigenvalue weighted by Crippen LogP contribution is -2.43. The summed E-state index contributed by atoms with van der Waals surface area (Å²) in [5.74, 6) is 0.998. The van der Waals surface area contributed by atoms with Crippen molar-refractivity contribution in [2.45, 2.75) is 45.2 Å². The average Bonchev–Trinajstić information content (AvgIpc) is 2.53. The summed E-state index contributed by atoms with van der Waals surface area (Å²) in [6.07, 6.45) is 3.59. The molecule has 1 aliphatic rings. The first-order chi connectivity index (χ1) is 9.78. The second-order valence-electron chi connectivity index (χ2n) is 5.58. The van der Waals surface area contributed by atoms with Gasteiger partial charge in [0.2, 0.25) is 0 Å². The molecule has 1 aromatic rings. The molecule has 1 N–H and O–H groups in total. The molecule has 2 rings (SSSR count). The summed E-state index contributed by atoms with van der Waals surface area (Å²) in [7, 11) is 1.76. The molecule has 112 valence electrons. The van der Waals surface area contributed by atoms with E-state index in [0.29, 0.717) is 12.1 Å². The minimum Gasteiger partial charge on any atom is -0.496 e. The van der Waals surface area contributed by atoms with E-state index in [4.69, 9.17) is 4.74 Å². The van der Waals surface area contributed by atoms with Crippen LogP contribution in [-0.2, 0) is 0 Å². The van der Waals surface area contributed by atoms with E-state index in [0.717, 1.165) is 12.2 Å². The van der Waals surface area contributed by atoms with E-state index in [1.165, 1.54) is 38.0 Å². The molecule has 1 aliphatic heterocycles. The van der Waals surface area contributed by atoms with Crippen molar-refractivity contribution < 1.29 is 4.74 Å². The Balaban J connectivity index is 1.99. The highest BCUT2D eigenvalue weighted by molar-refractivity contribution is 5.35. The Morgan fingerprint density at radius 3 is 2.55 bits per heavy atom. The van der Waals surface area contributed by atoms with Gasteiger partial charge in [0.1, 0.15) is 5.75 Å². The maximum Gasteiger partial charge on any atom is 0.123 e. The number of rotatable bonds is 6. The first kappa shape index (κ1) is 15.3. The molecule has 1 fully saturated rings. The highest BCUT2D eigenvalue weighted by atomic mass is 16.5. The molecule has 1 aromatic carbocycles. The standard InChI is InChI=1S/C17H28N2O/c1-4-16(15-8-6-7-9-17(15)20-3)18-14-10-12-19(5-2)13-11-14/h6-9,14,16,18H,4-5,10-13H2,1-3H3. The zero-order valence-electron chi connectivity index (χ0n) is 13.1. The monoisotopic (exact) mass is 276 g/mol. The van der Waals surface area contributed by atoms with Gasteiger partial charge in [-0.05, 0) is 45.0 Å². The SMILES string of the molecule is CCC(NC1CCN(CC)CC1)c1ccccc1OC. The molecular formula is C17H28N2O. The molecule has 0 aromatic heterocycles. The fraction of sp³-hybridized carbons (Fsp3) is 0.647. The van der Waals surface area contributed by atoms with Crippen molar-refractivity contribution in [1.82, 2.24) is 10.2 Å². The molecule has 0 aliphatic carbocycles. The Bertz CT molecular complexity index is 400. The third-order valence-electron chi connectivity index (χ3n) is 4.39. The number of hydrogen-bond acceptors (Lipinski definition) is 3. The quantitative estimate of drug-likeness (QED) is 0.863. The van der Waals surface area contributed by atoms with Crippen LogP contribution in [0.3, 0.4) is 0 Å². The number of ether oxygens (including phenoxy) is 1. The van der Waals surface area contributed by atoms with Crippen LogP contribution < -0.4 is 10.1 Å². The van der Waals surface area contributed by atoms with Crippen LogP contribution in [0, 0.1) is 0 Å². The van der Waals surface area contributed by atoms with Crippen LogP contribution in [0.25, 0.3) is 0 Å². The Morgan fingerprint density at radius 1 is 1.25 bits per heavy atom. The van der Waals surface area contributed by atoms with Crippen LogP contribution in [0.5, 0.6) is 5.75 Å². The molecule has 20 heavy (non-hydrogen) atoms. The molecule has 0 amide bonds. The predicted molar refractivity (Wildman–Crippen MR) is 84.3 cm³/mol. The molecule has 0 radical (unpaired) electrons. The van der Waals surface area contributed by atoms with Crippen molar-refractivity contribution in [3.8, 4) is 5.75 Å². The van der Waals surface area contributed by atoms with Gasteiger partial charge in [0.15, 0.2) is 0 Å².